The summed E-state index contributed by atoms with van der Waals surface area (Å²) in [5, 5.41) is 3.17. The first kappa shape index (κ1) is 12.5. The maximum atomic E-state index is 12.0. The summed E-state index contributed by atoms with van der Waals surface area (Å²) in [5.74, 6) is -0.885. The fraction of sp³-hybridized carbons (Fsp3) is 0.200. The minimum atomic E-state index is -0.369. The van der Waals surface area contributed by atoms with Crippen LogP contribution in [-0.2, 0) is 9.59 Å². The van der Waals surface area contributed by atoms with Gasteiger partial charge in [0.2, 0.25) is 11.8 Å². The minimum Gasteiger partial charge on any atom is -0.298 e. The van der Waals surface area contributed by atoms with E-state index in [0.717, 1.165) is 17.2 Å². The number of aromatic nitrogens is 1. The molecule has 20 heavy (non-hydrogen) atoms. The highest BCUT2D eigenvalue weighted by Gasteiger charge is 2.29. The average Bonchev–Trinajstić information content (AvgIpc) is 2.46. The Kier molecular flexibility index (Phi) is 3.02. The lowest BCUT2D eigenvalue weighted by molar-refractivity contribution is -0.134. The van der Waals surface area contributed by atoms with Crippen molar-refractivity contribution in [2.45, 2.75) is 18.8 Å². The van der Waals surface area contributed by atoms with E-state index in [1.807, 2.05) is 18.2 Å². The summed E-state index contributed by atoms with van der Waals surface area (Å²) < 4.78 is 0. The smallest absolute Gasteiger partial charge is 0.234 e. The molecule has 1 aromatic heterocycles. The molecule has 1 N–H and O–H groups in total. The number of carbonyl (C=O) groups excluding carboxylic acids is 3. The Balaban J connectivity index is 2.09. The van der Waals surface area contributed by atoms with E-state index in [2.05, 4.69) is 10.3 Å². The summed E-state index contributed by atoms with van der Waals surface area (Å²) in [7, 11) is 0. The van der Waals surface area contributed by atoms with Crippen LogP contribution in [0.3, 0.4) is 0 Å². The first-order valence-electron chi connectivity index (χ1n) is 6.36. The van der Waals surface area contributed by atoms with Crippen molar-refractivity contribution in [3.8, 4) is 0 Å². The Morgan fingerprint density at radius 3 is 2.90 bits per heavy atom. The van der Waals surface area contributed by atoms with Crippen LogP contribution in [0.2, 0.25) is 0 Å². The standard InChI is InChI=1S/C15H12N2O3/c18-8-9-6-10-2-1-3-11(14(10)16-7-9)12-4-5-13(19)17-15(12)20/h1-3,6-8,12H,4-5H2,(H,17,19,20). The van der Waals surface area contributed by atoms with Crippen molar-refractivity contribution in [3.05, 3.63) is 41.6 Å². The van der Waals surface area contributed by atoms with Crippen LogP contribution < -0.4 is 5.32 Å². The van der Waals surface area contributed by atoms with Gasteiger partial charge in [-0.25, -0.2) is 0 Å². The maximum Gasteiger partial charge on any atom is 0.234 e. The van der Waals surface area contributed by atoms with Gasteiger partial charge in [0.1, 0.15) is 0 Å². The molecule has 3 rings (SSSR count). The SMILES string of the molecule is O=Cc1cnc2c(C3CCC(=O)NC3=O)cccc2c1. The number of benzene rings is 1. The molecule has 2 heterocycles. The second kappa shape index (κ2) is 4.85. The van der Waals surface area contributed by atoms with E-state index in [1.54, 1.807) is 6.07 Å². The van der Waals surface area contributed by atoms with Crippen LogP contribution >= 0.6 is 0 Å². The number of imide groups is 1. The average molecular weight is 268 g/mol. The molecule has 0 saturated carbocycles. The Bertz CT molecular complexity index is 724. The first-order chi connectivity index (χ1) is 9.69. The predicted molar refractivity (Wildman–Crippen MR) is 72.3 cm³/mol. The lowest BCUT2D eigenvalue weighted by Crippen LogP contribution is -2.39. The second-order valence-corrected chi connectivity index (χ2v) is 4.81. The highest BCUT2D eigenvalue weighted by molar-refractivity contribution is 6.02. The molecule has 0 radical (unpaired) electrons. The molecule has 5 nitrogen and oxygen atoms in total. The Morgan fingerprint density at radius 2 is 2.15 bits per heavy atom. The molecule has 5 heteroatoms. The van der Waals surface area contributed by atoms with Gasteiger partial charge in [0.15, 0.2) is 6.29 Å². The van der Waals surface area contributed by atoms with Gasteiger partial charge in [-0.2, -0.15) is 0 Å². The van der Waals surface area contributed by atoms with E-state index in [-0.39, 0.29) is 17.7 Å². The molecule has 1 unspecified atom stereocenters. The molecule has 1 aliphatic heterocycles. The summed E-state index contributed by atoms with van der Waals surface area (Å²) >= 11 is 0. The molecule has 0 aliphatic carbocycles. The van der Waals surface area contributed by atoms with Gasteiger partial charge in [-0.3, -0.25) is 24.7 Å². The third-order valence-electron chi connectivity index (χ3n) is 3.51. The highest BCUT2D eigenvalue weighted by atomic mass is 16.2. The van der Waals surface area contributed by atoms with Crippen molar-refractivity contribution in [2.75, 3.05) is 0 Å². The van der Waals surface area contributed by atoms with Crippen LogP contribution in [0.25, 0.3) is 10.9 Å². The normalized spacial score (nSPS) is 18.9. The van der Waals surface area contributed by atoms with Gasteiger partial charge in [-0.05, 0) is 18.1 Å². The molecule has 1 atom stereocenters. The van der Waals surface area contributed by atoms with Gasteiger partial charge < -0.3 is 0 Å². The van der Waals surface area contributed by atoms with E-state index < -0.39 is 0 Å². The van der Waals surface area contributed by atoms with Crippen molar-refractivity contribution in [2.24, 2.45) is 0 Å². The van der Waals surface area contributed by atoms with Gasteiger partial charge in [-0.15, -0.1) is 0 Å². The van der Waals surface area contributed by atoms with Crippen LogP contribution in [0, 0.1) is 0 Å². The lowest BCUT2D eigenvalue weighted by Gasteiger charge is -2.21. The van der Waals surface area contributed by atoms with Crippen molar-refractivity contribution in [1.82, 2.24) is 10.3 Å². The zero-order chi connectivity index (χ0) is 14.1. The number of piperidine rings is 1. The third kappa shape index (κ3) is 2.07. The number of hydrogen-bond donors (Lipinski definition) is 1. The van der Waals surface area contributed by atoms with Gasteiger partial charge >= 0.3 is 0 Å². The van der Waals surface area contributed by atoms with Gasteiger partial charge in [0, 0.05) is 23.6 Å². The maximum absolute atomic E-state index is 12.0. The number of fused-ring (bicyclic) bond motifs is 1. The first-order valence-corrected chi connectivity index (χ1v) is 6.36. The number of nitrogens with zero attached hydrogens (tertiary/aromatic N) is 1. The van der Waals surface area contributed by atoms with Crippen molar-refractivity contribution in [3.63, 3.8) is 0 Å². The van der Waals surface area contributed by atoms with E-state index in [0.29, 0.717) is 23.9 Å². The number of rotatable bonds is 2. The zero-order valence-corrected chi connectivity index (χ0v) is 10.6. The van der Waals surface area contributed by atoms with E-state index in [1.165, 1.54) is 6.20 Å². The molecular formula is C15H12N2O3. The van der Waals surface area contributed by atoms with Crippen molar-refractivity contribution < 1.29 is 14.4 Å². The number of hydrogen-bond acceptors (Lipinski definition) is 4. The Labute approximate surface area is 115 Å². The Morgan fingerprint density at radius 1 is 1.30 bits per heavy atom. The summed E-state index contributed by atoms with van der Waals surface area (Å²) in [6, 6.07) is 7.27. The quantitative estimate of drug-likeness (QED) is 0.662. The topological polar surface area (TPSA) is 76.1 Å². The molecule has 2 amide bonds. The summed E-state index contributed by atoms with van der Waals surface area (Å²) in [6.45, 7) is 0. The molecule has 100 valence electrons. The summed E-state index contributed by atoms with van der Waals surface area (Å²) in [5.41, 5.74) is 2.00. The van der Waals surface area contributed by atoms with Crippen LogP contribution in [0.1, 0.15) is 34.7 Å². The molecule has 1 fully saturated rings. The summed E-state index contributed by atoms with van der Waals surface area (Å²) in [6.07, 6.45) is 3.05. The van der Waals surface area contributed by atoms with Crippen LogP contribution in [0.4, 0.5) is 0 Å². The molecule has 1 aromatic carbocycles. The van der Waals surface area contributed by atoms with Crippen LogP contribution in [0.5, 0.6) is 0 Å². The van der Waals surface area contributed by atoms with Crippen LogP contribution in [-0.4, -0.2) is 23.1 Å². The molecule has 0 bridgehead atoms. The number of carbonyl (C=O) groups is 3. The third-order valence-corrected chi connectivity index (χ3v) is 3.51. The fourth-order valence-corrected chi connectivity index (χ4v) is 2.54. The van der Waals surface area contributed by atoms with E-state index in [4.69, 9.17) is 0 Å². The molecular weight excluding hydrogens is 256 g/mol. The number of aldehydes is 1. The Hall–Kier alpha value is -2.56. The highest BCUT2D eigenvalue weighted by Crippen LogP contribution is 2.29. The predicted octanol–water partition coefficient (Wildman–Crippen LogP) is 1.57. The van der Waals surface area contributed by atoms with Crippen molar-refractivity contribution in [1.29, 1.82) is 0 Å². The molecule has 2 aromatic rings. The van der Waals surface area contributed by atoms with Crippen molar-refractivity contribution >= 4 is 29.0 Å². The molecule has 0 spiro atoms. The summed E-state index contributed by atoms with van der Waals surface area (Å²) in [4.78, 5) is 38.2. The second-order valence-electron chi connectivity index (χ2n) is 4.81. The molecule has 1 saturated heterocycles. The van der Waals surface area contributed by atoms with E-state index in [9.17, 15) is 14.4 Å². The fourth-order valence-electron chi connectivity index (χ4n) is 2.54. The number of para-hydroxylation sites is 1. The molecule has 1 aliphatic rings. The largest absolute Gasteiger partial charge is 0.298 e. The monoisotopic (exact) mass is 268 g/mol. The van der Waals surface area contributed by atoms with Gasteiger partial charge in [-0.1, -0.05) is 18.2 Å². The lowest BCUT2D eigenvalue weighted by atomic mass is 9.89. The minimum absolute atomic E-state index is 0.234. The van der Waals surface area contributed by atoms with E-state index >= 15 is 0 Å². The number of nitrogens with one attached hydrogen (secondary N) is 1. The van der Waals surface area contributed by atoms with Gasteiger partial charge in [0.05, 0.1) is 11.4 Å². The number of pyridine rings is 1. The van der Waals surface area contributed by atoms with Gasteiger partial charge in [0.25, 0.3) is 0 Å². The zero-order valence-electron chi connectivity index (χ0n) is 10.6. The van der Waals surface area contributed by atoms with Crippen LogP contribution in [0.15, 0.2) is 30.5 Å². The number of amides is 2.